The number of nitrogens with one attached hydrogen (secondary N) is 2. The van der Waals surface area contributed by atoms with Gasteiger partial charge < -0.3 is 15.7 Å². The van der Waals surface area contributed by atoms with Crippen molar-refractivity contribution in [2.24, 2.45) is 5.92 Å². The summed E-state index contributed by atoms with van der Waals surface area (Å²) in [4.78, 5) is 22.2. The van der Waals surface area contributed by atoms with Crippen LogP contribution in [0.15, 0.2) is 0 Å². The molecular weight excluding hydrogens is 256 g/mol. The highest BCUT2D eigenvalue weighted by molar-refractivity contribution is 5.76. The van der Waals surface area contributed by atoms with E-state index in [1.807, 2.05) is 0 Å². The van der Waals surface area contributed by atoms with Gasteiger partial charge in [-0.3, -0.25) is 4.79 Å². The monoisotopic (exact) mass is 286 g/mol. The quantitative estimate of drug-likeness (QED) is 0.540. The molecular formula is C15H30N2O3. The van der Waals surface area contributed by atoms with Gasteiger partial charge in [-0.25, -0.2) is 4.79 Å². The average molecular weight is 286 g/mol. The third kappa shape index (κ3) is 11.8. The van der Waals surface area contributed by atoms with Crippen molar-refractivity contribution in [2.75, 3.05) is 6.54 Å². The van der Waals surface area contributed by atoms with Crippen LogP contribution in [0.4, 0.5) is 4.79 Å². The van der Waals surface area contributed by atoms with Gasteiger partial charge >= 0.3 is 12.0 Å². The zero-order valence-electron chi connectivity index (χ0n) is 13.3. The molecule has 0 aliphatic heterocycles. The van der Waals surface area contributed by atoms with Crippen LogP contribution in [0.5, 0.6) is 0 Å². The fourth-order valence-corrected chi connectivity index (χ4v) is 2.01. The molecule has 0 atom stereocenters. The summed E-state index contributed by atoms with van der Waals surface area (Å²) in [7, 11) is 0. The van der Waals surface area contributed by atoms with Crippen LogP contribution in [0.2, 0.25) is 0 Å². The molecule has 0 aromatic heterocycles. The zero-order chi connectivity index (χ0) is 15.6. The Morgan fingerprint density at radius 3 is 2.25 bits per heavy atom. The minimum Gasteiger partial charge on any atom is -0.481 e. The van der Waals surface area contributed by atoms with E-state index < -0.39 is 11.5 Å². The summed E-state index contributed by atoms with van der Waals surface area (Å²) in [5.41, 5.74) is -0.729. The number of hydrogen-bond acceptors (Lipinski definition) is 2. The Kier molecular flexibility index (Phi) is 9.01. The summed E-state index contributed by atoms with van der Waals surface area (Å²) >= 11 is 0. The van der Waals surface area contributed by atoms with Gasteiger partial charge in [0.25, 0.3) is 0 Å². The number of unbranched alkanes of at least 4 members (excludes halogenated alkanes) is 3. The molecule has 0 unspecified atom stereocenters. The number of carboxylic acid groups (broad SMARTS) is 1. The standard InChI is InChI=1S/C15H30N2O3/c1-12(2)9-7-5-6-8-10-16-14(20)17-15(3,4)11-13(18)19/h12H,5-11H2,1-4H3,(H,18,19)(H2,16,17,20). The predicted octanol–water partition coefficient (Wildman–Crippen LogP) is 3.15. The van der Waals surface area contributed by atoms with Crippen molar-refractivity contribution in [3.05, 3.63) is 0 Å². The highest BCUT2D eigenvalue weighted by Crippen LogP contribution is 2.09. The minimum absolute atomic E-state index is 0.0877. The minimum atomic E-state index is -0.916. The van der Waals surface area contributed by atoms with Crippen molar-refractivity contribution in [3.63, 3.8) is 0 Å². The molecule has 0 heterocycles. The molecule has 0 saturated heterocycles. The fraction of sp³-hybridized carbons (Fsp3) is 0.867. The first-order valence-electron chi connectivity index (χ1n) is 7.51. The van der Waals surface area contributed by atoms with E-state index >= 15 is 0 Å². The van der Waals surface area contributed by atoms with Crippen LogP contribution in [0.1, 0.15) is 66.2 Å². The first-order chi connectivity index (χ1) is 9.23. The van der Waals surface area contributed by atoms with Crippen LogP contribution in [0.3, 0.4) is 0 Å². The fourth-order valence-electron chi connectivity index (χ4n) is 2.01. The van der Waals surface area contributed by atoms with E-state index in [1.165, 1.54) is 19.3 Å². The van der Waals surface area contributed by atoms with Gasteiger partial charge in [-0.05, 0) is 26.2 Å². The van der Waals surface area contributed by atoms with E-state index in [9.17, 15) is 9.59 Å². The molecule has 0 aromatic rings. The van der Waals surface area contributed by atoms with Crippen molar-refractivity contribution >= 4 is 12.0 Å². The molecule has 2 amide bonds. The molecule has 5 nitrogen and oxygen atoms in total. The summed E-state index contributed by atoms with van der Waals surface area (Å²) < 4.78 is 0. The lowest BCUT2D eigenvalue weighted by molar-refractivity contribution is -0.138. The van der Waals surface area contributed by atoms with Crippen LogP contribution in [0.25, 0.3) is 0 Å². The third-order valence-corrected chi connectivity index (χ3v) is 3.04. The molecule has 3 N–H and O–H groups in total. The van der Waals surface area contributed by atoms with Gasteiger partial charge in [-0.1, -0.05) is 39.5 Å². The second-order valence-electron chi connectivity index (χ2n) is 6.43. The van der Waals surface area contributed by atoms with Gasteiger partial charge in [-0.2, -0.15) is 0 Å². The van der Waals surface area contributed by atoms with Crippen LogP contribution in [-0.2, 0) is 4.79 Å². The van der Waals surface area contributed by atoms with Crippen molar-refractivity contribution in [1.29, 1.82) is 0 Å². The molecule has 0 bridgehead atoms. The van der Waals surface area contributed by atoms with Crippen LogP contribution in [0, 0.1) is 5.92 Å². The largest absolute Gasteiger partial charge is 0.481 e. The van der Waals surface area contributed by atoms with Gasteiger partial charge in [0, 0.05) is 12.1 Å². The first-order valence-corrected chi connectivity index (χ1v) is 7.51. The van der Waals surface area contributed by atoms with Crippen molar-refractivity contribution < 1.29 is 14.7 Å². The maximum Gasteiger partial charge on any atom is 0.315 e. The summed E-state index contributed by atoms with van der Waals surface area (Å²) in [6, 6.07) is -0.293. The Balaban J connectivity index is 3.61. The molecule has 0 saturated carbocycles. The second-order valence-corrected chi connectivity index (χ2v) is 6.43. The number of carbonyl (C=O) groups is 2. The van der Waals surface area contributed by atoms with Gasteiger partial charge in [0.15, 0.2) is 0 Å². The molecule has 0 radical (unpaired) electrons. The molecule has 118 valence electrons. The van der Waals surface area contributed by atoms with Gasteiger partial charge in [0.1, 0.15) is 0 Å². The van der Waals surface area contributed by atoms with Crippen LogP contribution >= 0.6 is 0 Å². The van der Waals surface area contributed by atoms with E-state index in [4.69, 9.17) is 5.11 Å². The molecule has 5 heteroatoms. The Morgan fingerprint density at radius 1 is 1.10 bits per heavy atom. The first kappa shape index (κ1) is 18.7. The summed E-state index contributed by atoms with van der Waals surface area (Å²) in [5, 5.41) is 14.2. The molecule has 0 spiro atoms. The Morgan fingerprint density at radius 2 is 1.70 bits per heavy atom. The molecule has 0 aromatic carbocycles. The van der Waals surface area contributed by atoms with Crippen molar-refractivity contribution in [1.82, 2.24) is 10.6 Å². The number of amides is 2. The lowest BCUT2D eigenvalue weighted by Crippen LogP contribution is -2.49. The molecule has 0 fully saturated rings. The number of rotatable bonds is 10. The van der Waals surface area contributed by atoms with Crippen LogP contribution in [-0.4, -0.2) is 29.2 Å². The maximum absolute atomic E-state index is 11.6. The zero-order valence-corrected chi connectivity index (χ0v) is 13.3. The smallest absolute Gasteiger partial charge is 0.315 e. The summed E-state index contributed by atoms with van der Waals surface area (Å²) in [5.74, 6) is -0.157. The number of carboxylic acids is 1. The van der Waals surface area contributed by atoms with Gasteiger partial charge in [0.2, 0.25) is 0 Å². The number of hydrogen-bond donors (Lipinski definition) is 3. The van der Waals surface area contributed by atoms with E-state index in [1.54, 1.807) is 13.8 Å². The Bertz CT molecular complexity index is 301. The lowest BCUT2D eigenvalue weighted by Gasteiger charge is -2.24. The molecule has 20 heavy (non-hydrogen) atoms. The van der Waals surface area contributed by atoms with E-state index in [2.05, 4.69) is 24.5 Å². The van der Waals surface area contributed by atoms with Crippen molar-refractivity contribution in [2.45, 2.75) is 71.8 Å². The summed E-state index contributed by atoms with van der Waals surface area (Å²) in [6.07, 6.45) is 5.70. The number of aliphatic carboxylic acids is 1. The normalized spacial score (nSPS) is 11.4. The molecule has 0 aliphatic rings. The number of carbonyl (C=O) groups excluding carboxylic acids is 1. The lowest BCUT2D eigenvalue weighted by atomic mass is 10.0. The van der Waals surface area contributed by atoms with Crippen molar-refractivity contribution in [3.8, 4) is 0 Å². The Hall–Kier alpha value is -1.26. The van der Waals surface area contributed by atoms with Gasteiger partial charge in [-0.15, -0.1) is 0 Å². The van der Waals surface area contributed by atoms with Gasteiger partial charge in [0.05, 0.1) is 6.42 Å². The SMILES string of the molecule is CC(C)CCCCCCNC(=O)NC(C)(C)CC(=O)O. The predicted molar refractivity (Wildman–Crippen MR) is 80.8 cm³/mol. The molecule has 0 aliphatic carbocycles. The van der Waals surface area contributed by atoms with Crippen LogP contribution < -0.4 is 10.6 Å². The van der Waals surface area contributed by atoms with E-state index in [-0.39, 0.29) is 12.5 Å². The summed E-state index contributed by atoms with van der Waals surface area (Å²) in [6.45, 7) is 8.49. The third-order valence-electron chi connectivity index (χ3n) is 3.04. The maximum atomic E-state index is 11.6. The molecule has 0 rings (SSSR count). The Labute approximate surface area is 122 Å². The average Bonchev–Trinajstić information content (AvgIpc) is 2.24. The highest BCUT2D eigenvalue weighted by Gasteiger charge is 2.23. The number of urea groups is 1. The van der Waals surface area contributed by atoms with E-state index in [0.29, 0.717) is 6.54 Å². The highest BCUT2D eigenvalue weighted by atomic mass is 16.4. The second kappa shape index (κ2) is 9.61. The van der Waals surface area contributed by atoms with E-state index in [0.717, 1.165) is 18.8 Å². The topological polar surface area (TPSA) is 78.4 Å².